The van der Waals surface area contributed by atoms with E-state index in [9.17, 15) is 5.11 Å². The van der Waals surface area contributed by atoms with E-state index < -0.39 is 6.10 Å². The van der Waals surface area contributed by atoms with Crippen molar-refractivity contribution in [1.29, 1.82) is 0 Å². The Labute approximate surface area is 130 Å². The van der Waals surface area contributed by atoms with E-state index in [-0.39, 0.29) is 0 Å². The molecule has 0 fully saturated rings. The summed E-state index contributed by atoms with van der Waals surface area (Å²) < 4.78 is 2.40. The van der Waals surface area contributed by atoms with Crippen LogP contribution >= 0.6 is 22.7 Å². The predicted molar refractivity (Wildman–Crippen MR) is 90.1 cm³/mol. The first-order valence-electron chi connectivity index (χ1n) is 6.80. The highest BCUT2D eigenvalue weighted by Crippen LogP contribution is 2.32. The number of aliphatic hydroxyl groups is 1. The van der Waals surface area contributed by atoms with Crippen LogP contribution in [0.5, 0.6) is 0 Å². The third-order valence-corrected chi connectivity index (χ3v) is 5.76. The van der Waals surface area contributed by atoms with E-state index in [1.165, 1.54) is 14.8 Å². The molecule has 4 aromatic rings. The number of thiazole rings is 1. The number of para-hydroxylation sites is 1. The first-order valence-corrected chi connectivity index (χ1v) is 8.44. The molecule has 0 saturated heterocycles. The Hall–Kier alpha value is -1.75. The highest BCUT2D eigenvalue weighted by atomic mass is 32.1. The van der Waals surface area contributed by atoms with Crippen molar-refractivity contribution >= 4 is 43.0 Å². The lowest BCUT2D eigenvalue weighted by Crippen LogP contribution is -1.98. The fourth-order valence-corrected chi connectivity index (χ4v) is 4.49. The molecule has 0 aliphatic heterocycles. The number of aromatic nitrogens is 1. The topological polar surface area (TPSA) is 33.1 Å². The van der Waals surface area contributed by atoms with Gasteiger partial charge >= 0.3 is 0 Å². The van der Waals surface area contributed by atoms with E-state index in [1.807, 2.05) is 30.3 Å². The molecule has 2 heterocycles. The van der Waals surface area contributed by atoms with Crippen LogP contribution in [0, 0.1) is 0 Å². The summed E-state index contributed by atoms with van der Waals surface area (Å²) in [5.74, 6) is 0. The van der Waals surface area contributed by atoms with Crippen LogP contribution in [0.25, 0.3) is 20.3 Å². The molecular formula is C17H13NOS2. The normalized spacial score (nSPS) is 13.0. The lowest BCUT2D eigenvalue weighted by Gasteiger charge is -2.04. The highest BCUT2D eigenvalue weighted by Gasteiger charge is 2.14. The van der Waals surface area contributed by atoms with Crippen molar-refractivity contribution in [2.75, 3.05) is 0 Å². The average molecular weight is 311 g/mol. The van der Waals surface area contributed by atoms with E-state index in [0.717, 1.165) is 15.4 Å². The molecule has 2 nitrogen and oxygen atoms in total. The first kappa shape index (κ1) is 13.0. The van der Waals surface area contributed by atoms with Crippen LogP contribution in [-0.2, 0) is 6.42 Å². The molecule has 2 aromatic carbocycles. The van der Waals surface area contributed by atoms with E-state index in [2.05, 4.69) is 29.2 Å². The standard InChI is InChI=1S/C17H13NOS2/c19-13(16-9-11-5-1-3-7-14(11)20-16)10-17-18-12-6-2-4-8-15(12)21-17/h1-9,13,19H,10H2. The van der Waals surface area contributed by atoms with Gasteiger partial charge in [0.05, 0.1) is 21.3 Å². The fraction of sp³-hybridized carbons (Fsp3) is 0.118. The van der Waals surface area contributed by atoms with Gasteiger partial charge in [0.15, 0.2) is 0 Å². The van der Waals surface area contributed by atoms with Crippen molar-refractivity contribution < 1.29 is 5.11 Å². The minimum Gasteiger partial charge on any atom is -0.387 e. The number of thiophene rings is 1. The summed E-state index contributed by atoms with van der Waals surface area (Å²) in [7, 11) is 0. The molecule has 4 heteroatoms. The summed E-state index contributed by atoms with van der Waals surface area (Å²) >= 11 is 3.32. The van der Waals surface area contributed by atoms with Gasteiger partial charge in [-0.3, -0.25) is 0 Å². The van der Waals surface area contributed by atoms with Crippen LogP contribution in [0.15, 0.2) is 54.6 Å². The molecule has 0 spiro atoms. The number of nitrogens with zero attached hydrogens (tertiary/aromatic N) is 1. The molecule has 0 radical (unpaired) electrons. The quantitative estimate of drug-likeness (QED) is 0.590. The van der Waals surface area contributed by atoms with Crippen LogP contribution in [0.3, 0.4) is 0 Å². The van der Waals surface area contributed by atoms with Gasteiger partial charge in [-0.2, -0.15) is 0 Å². The number of aliphatic hydroxyl groups excluding tert-OH is 1. The monoisotopic (exact) mass is 311 g/mol. The number of fused-ring (bicyclic) bond motifs is 2. The van der Waals surface area contributed by atoms with Crippen LogP contribution in [0.1, 0.15) is 16.0 Å². The van der Waals surface area contributed by atoms with Gasteiger partial charge in [-0.15, -0.1) is 22.7 Å². The smallest absolute Gasteiger partial charge is 0.0968 e. The zero-order valence-electron chi connectivity index (χ0n) is 11.2. The lowest BCUT2D eigenvalue weighted by molar-refractivity contribution is 0.182. The lowest BCUT2D eigenvalue weighted by atomic mass is 10.2. The van der Waals surface area contributed by atoms with Crippen LogP contribution in [0.4, 0.5) is 0 Å². The van der Waals surface area contributed by atoms with E-state index in [4.69, 9.17) is 0 Å². The Kier molecular flexibility index (Phi) is 3.22. The van der Waals surface area contributed by atoms with Gasteiger partial charge in [0.2, 0.25) is 0 Å². The Bertz CT molecular complexity index is 843. The van der Waals surface area contributed by atoms with Crippen LogP contribution in [0.2, 0.25) is 0 Å². The zero-order valence-corrected chi connectivity index (χ0v) is 12.8. The molecule has 0 saturated carbocycles. The number of hydrogen-bond acceptors (Lipinski definition) is 4. The van der Waals surface area contributed by atoms with E-state index in [0.29, 0.717) is 6.42 Å². The summed E-state index contributed by atoms with van der Waals surface area (Å²) in [5.41, 5.74) is 1.01. The van der Waals surface area contributed by atoms with Gasteiger partial charge in [-0.1, -0.05) is 30.3 Å². The van der Waals surface area contributed by atoms with Crippen molar-refractivity contribution in [3.05, 3.63) is 64.5 Å². The van der Waals surface area contributed by atoms with Gasteiger partial charge in [-0.25, -0.2) is 4.98 Å². The van der Waals surface area contributed by atoms with Crippen molar-refractivity contribution in [2.45, 2.75) is 12.5 Å². The van der Waals surface area contributed by atoms with E-state index in [1.54, 1.807) is 22.7 Å². The van der Waals surface area contributed by atoms with E-state index >= 15 is 0 Å². The molecule has 21 heavy (non-hydrogen) atoms. The third kappa shape index (κ3) is 2.46. The SMILES string of the molecule is OC(Cc1nc2ccccc2s1)c1cc2ccccc2s1. The molecule has 1 N–H and O–H groups in total. The minimum atomic E-state index is -0.483. The van der Waals surface area contributed by atoms with Crippen molar-refractivity contribution in [3.63, 3.8) is 0 Å². The Morgan fingerprint density at radius 2 is 1.71 bits per heavy atom. The minimum absolute atomic E-state index is 0.483. The molecule has 0 aliphatic carbocycles. The van der Waals surface area contributed by atoms with Crippen molar-refractivity contribution in [2.24, 2.45) is 0 Å². The molecule has 0 amide bonds. The van der Waals surface area contributed by atoms with Gasteiger partial charge in [0.25, 0.3) is 0 Å². The molecule has 104 valence electrons. The molecule has 2 aromatic heterocycles. The number of rotatable bonds is 3. The maximum atomic E-state index is 10.5. The Morgan fingerprint density at radius 1 is 0.952 bits per heavy atom. The second-order valence-electron chi connectivity index (χ2n) is 4.98. The van der Waals surface area contributed by atoms with Gasteiger partial charge < -0.3 is 5.11 Å². The summed E-state index contributed by atoms with van der Waals surface area (Å²) in [6.07, 6.45) is 0.0922. The molecule has 0 bridgehead atoms. The molecule has 4 rings (SSSR count). The first-order chi connectivity index (χ1) is 10.3. The van der Waals surface area contributed by atoms with Crippen LogP contribution in [-0.4, -0.2) is 10.1 Å². The number of benzene rings is 2. The zero-order chi connectivity index (χ0) is 14.2. The largest absolute Gasteiger partial charge is 0.387 e. The Morgan fingerprint density at radius 3 is 2.52 bits per heavy atom. The fourth-order valence-electron chi connectivity index (χ4n) is 2.44. The van der Waals surface area contributed by atoms with Crippen molar-refractivity contribution in [3.8, 4) is 0 Å². The summed E-state index contributed by atoms with van der Waals surface area (Å²) in [6, 6.07) is 18.4. The van der Waals surface area contributed by atoms with Crippen LogP contribution < -0.4 is 0 Å². The molecule has 1 atom stereocenters. The van der Waals surface area contributed by atoms with Gasteiger partial charge in [-0.05, 0) is 29.7 Å². The summed E-state index contributed by atoms with van der Waals surface area (Å²) in [6.45, 7) is 0. The highest BCUT2D eigenvalue weighted by molar-refractivity contribution is 7.19. The second kappa shape index (κ2) is 5.22. The summed E-state index contributed by atoms with van der Waals surface area (Å²) in [4.78, 5) is 5.60. The van der Waals surface area contributed by atoms with Gasteiger partial charge in [0.1, 0.15) is 0 Å². The second-order valence-corrected chi connectivity index (χ2v) is 7.21. The third-order valence-electron chi connectivity index (χ3n) is 3.48. The molecule has 1 unspecified atom stereocenters. The maximum Gasteiger partial charge on any atom is 0.0968 e. The Balaban J connectivity index is 1.63. The summed E-state index contributed by atoms with van der Waals surface area (Å²) in [5, 5.41) is 12.7. The molecular weight excluding hydrogens is 298 g/mol. The predicted octanol–water partition coefficient (Wildman–Crippen LogP) is 4.79. The van der Waals surface area contributed by atoms with Gasteiger partial charge in [0, 0.05) is 16.0 Å². The maximum absolute atomic E-state index is 10.5. The average Bonchev–Trinajstić information content (AvgIpc) is 3.10. The van der Waals surface area contributed by atoms with Crippen molar-refractivity contribution in [1.82, 2.24) is 4.98 Å². The molecule has 0 aliphatic rings. The number of hydrogen-bond donors (Lipinski definition) is 1.